The van der Waals surface area contributed by atoms with Gasteiger partial charge in [-0.1, -0.05) is 60.7 Å². The van der Waals surface area contributed by atoms with E-state index in [-0.39, 0.29) is 25.0 Å². The standard InChI is InChI=1S/C28H25NO8/c30-22-23(31)28(36-21-15-34-27(37-24(21)22)16-8-2-1-3-9-16)35-20-13-7-4-10-17(20)14-29-25(32)18-11-5-6-12-19(18)26(29)33/h1-13,21-24,27-28,30-31H,14-15H2/t21-,22-,23-,24-,27?,28-/m1/s1. The number of benzene rings is 3. The number of fused-ring (bicyclic) bond motifs is 2. The maximum Gasteiger partial charge on any atom is 0.261 e. The summed E-state index contributed by atoms with van der Waals surface area (Å²) in [7, 11) is 0. The number of imide groups is 1. The summed E-state index contributed by atoms with van der Waals surface area (Å²) in [5.74, 6) is -0.451. The minimum Gasteiger partial charge on any atom is -0.462 e. The molecule has 6 atom stereocenters. The molecule has 3 aliphatic heterocycles. The van der Waals surface area contributed by atoms with Crippen molar-refractivity contribution in [1.29, 1.82) is 0 Å². The molecular weight excluding hydrogens is 478 g/mol. The highest BCUT2D eigenvalue weighted by atomic mass is 16.8. The normalized spacial score (nSPS) is 29.1. The third-order valence-electron chi connectivity index (χ3n) is 6.83. The van der Waals surface area contributed by atoms with E-state index >= 15 is 0 Å². The first-order valence-corrected chi connectivity index (χ1v) is 12.0. The molecule has 1 unspecified atom stereocenters. The quantitative estimate of drug-likeness (QED) is 0.511. The number of ether oxygens (including phenoxy) is 4. The first-order valence-electron chi connectivity index (χ1n) is 12.0. The Kier molecular flexibility index (Phi) is 6.23. The average molecular weight is 504 g/mol. The van der Waals surface area contributed by atoms with Crippen molar-refractivity contribution in [3.05, 3.63) is 101 Å². The molecule has 3 aromatic carbocycles. The number of aliphatic hydroxyl groups is 2. The molecule has 2 fully saturated rings. The number of carbonyl (C=O) groups is 2. The zero-order valence-corrected chi connectivity index (χ0v) is 19.7. The number of aliphatic hydroxyl groups excluding tert-OH is 2. The van der Waals surface area contributed by atoms with Gasteiger partial charge in [-0.3, -0.25) is 14.5 Å². The van der Waals surface area contributed by atoms with Crippen molar-refractivity contribution in [2.24, 2.45) is 0 Å². The highest BCUT2D eigenvalue weighted by molar-refractivity contribution is 6.21. The van der Waals surface area contributed by atoms with Gasteiger partial charge in [0, 0.05) is 11.1 Å². The lowest BCUT2D eigenvalue weighted by atomic mass is 9.98. The summed E-state index contributed by atoms with van der Waals surface area (Å²) in [6.07, 6.45) is -6.11. The van der Waals surface area contributed by atoms with Gasteiger partial charge in [-0.2, -0.15) is 0 Å². The molecule has 0 aromatic heterocycles. The smallest absolute Gasteiger partial charge is 0.261 e. The van der Waals surface area contributed by atoms with Gasteiger partial charge in [-0.25, -0.2) is 0 Å². The van der Waals surface area contributed by atoms with Crippen LogP contribution in [0, 0.1) is 0 Å². The molecule has 3 aliphatic rings. The van der Waals surface area contributed by atoms with Crippen LogP contribution in [-0.2, 0) is 20.8 Å². The zero-order valence-electron chi connectivity index (χ0n) is 19.7. The molecule has 3 aromatic rings. The Bertz CT molecular complexity index is 1280. The van der Waals surface area contributed by atoms with Crippen LogP contribution in [0.4, 0.5) is 0 Å². The fourth-order valence-electron chi connectivity index (χ4n) is 4.88. The Morgan fingerprint density at radius 2 is 1.46 bits per heavy atom. The number of rotatable bonds is 5. The molecule has 0 saturated carbocycles. The maximum absolute atomic E-state index is 12.8. The molecule has 2 amide bonds. The summed E-state index contributed by atoms with van der Waals surface area (Å²) in [6, 6.07) is 22.9. The lowest BCUT2D eigenvalue weighted by Crippen LogP contribution is -2.63. The molecule has 37 heavy (non-hydrogen) atoms. The van der Waals surface area contributed by atoms with Gasteiger partial charge in [-0.05, 0) is 18.2 Å². The van der Waals surface area contributed by atoms with Gasteiger partial charge in [0.25, 0.3) is 11.8 Å². The van der Waals surface area contributed by atoms with E-state index in [0.29, 0.717) is 22.4 Å². The molecule has 0 spiro atoms. The molecule has 6 rings (SSSR count). The lowest BCUT2D eigenvalue weighted by Gasteiger charge is -2.46. The molecule has 0 bridgehead atoms. The summed E-state index contributed by atoms with van der Waals surface area (Å²) < 4.78 is 23.7. The van der Waals surface area contributed by atoms with Gasteiger partial charge in [0.05, 0.1) is 24.3 Å². The van der Waals surface area contributed by atoms with E-state index in [9.17, 15) is 19.8 Å². The highest BCUT2D eigenvalue weighted by Crippen LogP contribution is 2.35. The van der Waals surface area contributed by atoms with Crippen LogP contribution in [0.1, 0.15) is 38.1 Å². The summed E-state index contributed by atoms with van der Waals surface area (Å²) in [6.45, 7) is 0.107. The predicted molar refractivity (Wildman–Crippen MR) is 128 cm³/mol. The number of hydrogen-bond acceptors (Lipinski definition) is 8. The van der Waals surface area contributed by atoms with Gasteiger partial charge in [0.2, 0.25) is 6.29 Å². The van der Waals surface area contributed by atoms with Crippen molar-refractivity contribution < 1.29 is 38.7 Å². The number of amides is 2. The van der Waals surface area contributed by atoms with E-state index in [1.807, 2.05) is 30.3 Å². The first-order chi connectivity index (χ1) is 18.0. The van der Waals surface area contributed by atoms with Gasteiger partial charge < -0.3 is 29.2 Å². The molecule has 9 nitrogen and oxygen atoms in total. The second-order valence-electron chi connectivity index (χ2n) is 9.17. The summed E-state index contributed by atoms with van der Waals surface area (Å²) >= 11 is 0. The van der Waals surface area contributed by atoms with E-state index in [2.05, 4.69) is 0 Å². The fraction of sp³-hybridized carbons (Fsp3) is 0.286. The van der Waals surface area contributed by atoms with E-state index in [1.165, 1.54) is 0 Å². The summed E-state index contributed by atoms with van der Waals surface area (Å²) in [4.78, 5) is 26.8. The van der Waals surface area contributed by atoms with Crippen molar-refractivity contribution in [3.8, 4) is 5.75 Å². The van der Waals surface area contributed by atoms with E-state index in [1.54, 1.807) is 48.5 Å². The van der Waals surface area contributed by atoms with E-state index in [0.717, 1.165) is 10.5 Å². The van der Waals surface area contributed by atoms with Gasteiger partial charge in [0.1, 0.15) is 30.2 Å². The minimum atomic E-state index is -1.41. The molecule has 2 N–H and O–H groups in total. The van der Waals surface area contributed by atoms with Crippen LogP contribution in [-0.4, -0.2) is 64.2 Å². The van der Waals surface area contributed by atoms with Gasteiger partial charge >= 0.3 is 0 Å². The van der Waals surface area contributed by atoms with Crippen molar-refractivity contribution in [2.75, 3.05) is 6.61 Å². The van der Waals surface area contributed by atoms with Crippen LogP contribution in [0.5, 0.6) is 5.75 Å². The second-order valence-corrected chi connectivity index (χ2v) is 9.17. The molecule has 9 heteroatoms. The van der Waals surface area contributed by atoms with Gasteiger partial charge in [-0.15, -0.1) is 0 Å². The largest absolute Gasteiger partial charge is 0.462 e. The first kappa shape index (κ1) is 23.8. The monoisotopic (exact) mass is 503 g/mol. The Morgan fingerprint density at radius 3 is 2.19 bits per heavy atom. The van der Waals surface area contributed by atoms with Crippen molar-refractivity contribution in [2.45, 2.75) is 43.5 Å². The van der Waals surface area contributed by atoms with Crippen LogP contribution in [0.2, 0.25) is 0 Å². The number of carbonyl (C=O) groups excluding carboxylic acids is 2. The van der Waals surface area contributed by atoms with Crippen molar-refractivity contribution >= 4 is 11.8 Å². The van der Waals surface area contributed by atoms with Crippen molar-refractivity contribution in [3.63, 3.8) is 0 Å². The summed E-state index contributed by atoms with van der Waals surface area (Å²) in [5, 5.41) is 21.7. The maximum atomic E-state index is 12.8. The van der Waals surface area contributed by atoms with E-state index < -0.39 is 37.0 Å². The van der Waals surface area contributed by atoms with Crippen LogP contribution in [0.15, 0.2) is 78.9 Å². The number of nitrogens with zero attached hydrogens (tertiary/aromatic N) is 1. The molecule has 3 heterocycles. The summed E-state index contributed by atoms with van der Waals surface area (Å²) in [5.41, 5.74) is 2.06. The topological polar surface area (TPSA) is 115 Å². The number of hydrogen-bond donors (Lipinski definition) is 2. The van der Waals surface area contributed by atoms with Crippen LogP contribution < -0.4 is 4.74 Å². The van der Waals surface area contributed by atoms with Crippen LogP contribution >= 0.6 is 0 Å². The lowest BCUT2D eigenvalue weighted by molar-refractivity contribution is -0.350. The molecule has 0 aliphatic carbocycles. The Morgan fingerprint density at radius 1 is 0.811 bits per heavy atom. The number of para-hydroxylation sites is 1. The van der Waals surface area contributed by atoms with Gasteiger partial charge in [0.15, 0.2) is 6.29 Å². The van der Waals surface area contributed by atoms with Crippen LogP contribution in [0.3, 0.4) is 0 Å². The molecule has 2 saturated heterocycles. The Labute approximate surface area is 212 Å². The zero-order chi connectivity index (χ0) is 25.5. The third-order valence-corrected chi connectivity index (χ3v) is 6.83. The molecular formula is C28H25NO8. The SMILES string of the molecule is O=C1c2ccccc2C(=O)N1Cc1ccccc1O[C@@H]1O[C@@H]2COC(c3ccccc3)O[C@H]2[C@H](O)[C@H]1O. The van der Waals surface area contributed by atoms with Crippen LogP contribution in [0.25, 0.3) is 0 Å². The fourth-order valence-corrected chi connectivity index (χ4v) is 4.88. The Balaban J connectivity index is 1.17. The van der Waals surface area contributed by atoms with Crippen molar-refractivity contribution in [1.82, 2.24) is 4.90 Å². The second kappa shape index (κ2) is 9.70. The molecule has 190 valence electrons. The van der Waals surface area contributed by atoms with E-state index in [4.69, 9.17) is 18.9 Å². The Hall–Kier alpha value is -3.60. The average Bonchev–Trinajstić information content (AvgIpc) is 3.18. The minimum absolute atomic E-state index is 0.0229. The molecule has 0 radical (unpaired) electrons. The predicted octanol–water partition coefficient (Wildman–Crippen LogP) is 2.42. The third kappa shape index (κ3) is 4.30. The highest BCUT2D eigenvalue weighted by Gasteiger charge is 2.50.